The van der Waals surface area contributed by atoms with E-state index >= 15 is 0 Å². The van der Waals surface area contributed by atoms with Crippen molar-refractivity contribution in [1.29, 1.82) is 0 Å². The van der Waals surface area contributed by atoms with Crippen molar-refractivity contribution in [2.24, 2.45) is 0 Å². The van der Waals surface area contributed by atoms with Gasteiger partial charge in [-0.25, -0.2) is 4.39 Å². The number of aromatic nitrogens is 3. The minimum atomic E-state index is -0.260. The molecule has 0 spiro atoms. The van der Waals surface area contributed by atoms with Gasteiger partial charge < -0.3 is 5.32 Å². The first-order valence-electron chi connectivity index (χ1n) is 6.55. The minimum absolute atomic E-state index is 0.165. The fourth-order valence-electron chi connectivity index (χ4n) is 2.06. The van der Waals surface area contributed by atoms with Gasteiger partial charge in [0.15, 0.2) is 0 Å². The summed E-state index contributed by atoms with van der Waals surface area (Å²) in [6.45, 7) is 0.487. The first kappa shape index (κ1) is 13.2. The minimum Gasteiger partial charge on any atom is -0.352 e. The highest BCUT2D eigenvalue weighted by molar-refractivity contribution is 5.97. The van der Waals surface area contributed by atoms with E-state index in [2.05, 4.69) is 20.7 Å². The second-order valence-corrected chi connectivity index (χ2v) is 4.66. The maximum atomic E-state index is 12.8. The molecule has 106 valence electrons. The van der Waals surface area contributed by atoms with E-state index in [1.54, 1.807) is 30.3 Å². The molecule has 5 nitrogen and oxygen atoms in total. The van der Waals surface area contributed by atoms with Crippen LogP contribution in [0.4, 0.5) is 4.39 Å². The molecule has 0 saturated carbocycles. The van der Waals surface area contributed by atoms with Crippen molar-refractivity contribution in [2.45, 2.75) is 6.42 Å². The van der Waals surface area contributed by atoms with Gasteiger partial charge in [-0.3, -0.25) is 4.79 Å². The van der Waals surface area contributed by atoms with Crippen LogP contribution >= 0.6 is 0 Å². The summed E-state index contributed by atoms with van der Waals surface area (Å²) in [7, 11) is 0. The van der Waals surface area contributed by atoms with Crippen LogP contribution in [0.1, 0.15) is 15.9 Å². The molecule has 0 radical (unpaired) electrons. The van der Waals surface area contributed by atoms with E-state index in [1.807, 2.05) is 0 Å². The van der Waals surface area contributed by atoms with Crippen molar-refractivity contribution in [3.05, 3.63) is 59.4 Å². The Morgan fingerprint density at radius 2 is 1.86 bits per heavy atom. The number of nitrogens with zero attached hydrogens (tertiary/aromatic N) is 2. The molecule has 2 N–H and O–H groups in total. The summed E-state index contributed by atoms with van der Waals surface area (Å²) in [4.78, 5) is 12.0. The van der Waals surface area contributed by atoms with E-state index < -0.39 is 0 Å². The molecule has 0 saturated heterocycles. The van der Waals surface area contributed by atoms with Crippen molar-refractivity contribution in [2.75, 3.05) is 6.54 Å². The fraction of sp³-hybridized carbons (Fsp3) is 0.133. The van der Waals surface area contributed by atoms with Crippen LogP contribution in [0.3, 0.4) is 0 Å². The Hall–Kier alpha value is -2.76. The quantitative estimate of drug-likeness (QED) is 0.770. The van der Waals surface area contributed by atoms with E-state index in [0.717, 1.165) is 11.1 Å². The molecule has 6 heteroatoms. The Bertz CT molecular complexity index is 767. The molecule has 3 rings (SSSR count). The molecule has 0 aliphatic heterocycles. The van der Waals surface area contributed by atoms with Crippen LogP contribution in [0.2, 0.25) is 0 Å². The van der Waals surface area contributed by atoms with E-state index in [1.165, 1.54) is 12.1 Å². The van der Waals surface area contributed by atoms with Gasteiger partial charge in [-0.05, 0) is 42.3 Å². The zero-order chi connectivity index (χ0) is 14.7. The first-order chi connectivity index (χ1) is 10.2. The third kappa shape index (κ3) is 3.05. The fourth-order valence-corrected chi connectivity index (χ4v) is 2.06. The highest BCUT2D eigenvalue weighted by Crippen LogP contribution is 2.10. The largest absolute Gasteiger partial charge is 0.352 e. The van der Waals surface area contributed by atoms with Gasteiger partial charge in [0.05, 0.1) is 0 Å². The summed E-state index contributed by atoms with van der Waals surface area (Å²) in [5, 5.41) is 13.2. The van der Waals surface area contributed by atoms with Crippen molar-refractivity contribution < 1.29 is 9.18 Å². The number of rotatable bonds is 4. The number of H-pyrrole nitrogens is 1. The van der Waals surface area contributed by atoms with Crippen LogP contribution in [0.15, 0.2) is 42.5 Å². The van der Waals surface area contributed by atoms with E-state index in [4.69, 9.17) is 0 Å². The van der Waals surface area contributed by atoms with Crippen LogP contribution < -0.4 is 5.32 Å². The second-order valence-electron chi connectivity index (χ2n) is 4.66. The van der Waals surface area contributed by atoms with Gasteiger partial charge in [-0.15, -0.1) is 0 Å². The molecule has 1 heterocycles. The summed E-state index contributed by atoms with van der Waals surface area (Å²) < 4.78 is 12.8. The number of nitrogens with one attached hydrogen (secondary N) is 2. The average molecular weight is 284 g/mol. The zero-order valence-electron chi connectivity index (χ0n) is 11.1. The monoisotopic (exact) mass is 284 g/mol. The number of aromatic amines is 1. The number of benzene rings is 2. The number of fused-ring (bicyclic) bond motifs is 1. The number of hydrogen-bond acceptors (Lipinski definition) is 3. The third-order valence-electron chi connectivity index (χ3n) is 3.19. The Balaban J connectivity index is 1.59. The predicted octanol–water partition coefficient (Wildman–Crippen LogP) is 2.07. The number of amides is 1. The lowest BCUT2D eigenvalue weighted by atomic mass is 10.1. The SMILES string of the molecule is O=C(NCCc1ccc(F)cc1)c1ccc2n[nH]nc2c1. The van der Waals surface area contributed by atoms with E-state index in [-0.39, 0.29) is 11.7 Å². The Morgan fingerprint density at radius 3 is 2.67 bits per heavy atom. The van der Waals surface area contributed by atoms with Crippen LogP contribution in [0, 0.1) is 5.82 Å². The second kappa shape index (κ2) is 5.70. The highest BCUT2D eigenvalue weighted by Gasteiger charge is 2.07. The van der Waals surface area contributed by atoms with Gasteiger partial charge in [-0.2, -0.15) is 15.4 Å². The maximum absolute atomic E-state index is 12.8. The van der Waals surface area contributed by atoms with E-state index in [0.29, 0.717) is 24.0 Å². The van der Waals surface area contributed by atoms with Crippen molar-refractivity contribution in [3.63, 3.8) is 0 Å². The molecular formula is C15H13FN4O. The summed E-state index contributed by atoms with van der Waals surface area (Å²) >= 11 is 0. The molecule has 21 heavy (non-hydrogen) atoms. The van der Waals surface area contributed by atoms with Gasteiger partial charge >= 0.3 is 0 Å². The van der Waals surface area contributed by atoms with Gasteiger partial charge in [0.25, 0.3) is 5.91 Å². The molecule has 0 aliphatic carbocycles. The molecule has 0 atom stereocenters. The summed E-state index contributed by atoms with van der Waals surface area (Å²) in [6, 6.07) is 11.4. The van der Waals surface area contributed by atoms with Crippen molar-refractivity contribution in [1.82, 2.24) is 20.7 Å². The lowest BCUT2D eigenvalue weighted by Crippen LogP contribution is -2.25. The van der Waals surface area contributed by atoms with Crippen LogP contribution in [-0.2, 0) is 6.42 Å². The van der Waals surface area contributed by atoms with Crippen molar-refractivity contribution in [3.8, 4) is 0 Å². The average Bonchev–Trinajstić information content (AvgIpc) is 2.96. The Morgan fingerprint density at radius 1 is 1.10 bits per heavy atom. The zero-order valence-corrected chi connectivity index (χ0v) is 11.1. The molecule has 0 fully saturated rings. The maximum Gasteiger partial charge on any atom is 0.251 e. The standard InChI is InChI=1S/C15H13FN4O/c16-12-4-1-10(2-5-12)7-8-17-15(21)11-3-6-13-14(9-11)19-20-18-13/h1-6,9H,7-8H2,(H,17,21)(H,18,19,20). The lowest BCUT2D eigenvalue weighted by molar-refractivity contribution is 0.0954. The number of hydrogen-bond donors (Lipinski definition) is 2. The van der Waals surface area contributed by atoms with Gasteiger partial charge in [0, 0.05) is 12.1 Å². The predicted molar refractivity (Wildman–Crippen MR) is 76.3 cm³/mol. The number of halogens is 1. The molecule has 0 aliphatic rings. The van der Waals surface area contributed by atoms with Gasteiger partial charge in [-0.1, -0.05) is 12.1 Å². The summed E-state index contributed by atoms with van der Waals surface area (Å²) in [5.41, 5.74) is 2.89. The van der Waals surface area contributed by atoms with Gasteiger partial charge in [0.1, 0.15) is 16.9 Å². The Labute approximate surface area is 120 Å². The Kier molecular flexibility index (Phi) is 3.59. The van der Waals surface area contributed by atoms with Crippen LogP contribution in [-0.4, -0.2) is 27.9 Å². The first-order valence-corrected chi connectivity index (χ1v) is 6.55. The van der Waals surface area contributed by atoms with Crippen LogP contribution in [0.5, 0.6) is 0 Å². The molecule has 2 aromatic carbocycles. The topological polar surface area (TPSA) is 70.7 Å². The molecule has 3 aromatic rings. The van der Waals surface area contributed by atoms with E-state index in [9.17, 15) is 9.18 Å². The number of carbonyl (C=O) groups is 1. The number of carbonyl (C=O) groups excluding carboxylic acids is 1. The normalized spacial score (nSPS) is 10.7. The third-order valence-corrected chi connectivity index (χ3v) is 3.19. The molecule has 0 bridgehead atoms. The molecular weight excluding hydrogens is 271 g/mol. The highest BCUT2D eigenvalue weighted by atomic mass is 19.1. The van der Waals surface area contributed by atoms with Crippen LogP contribution in [0.25, 0.3) is 11.0 Å². The van der Waals surface area contributed by atoms with Crippen molar-refractivity contribution >= 4 is 16.9 Å². The lowest BCUT2D eigenvalue weighted by Gasteiger charge is -2.05. The molecule has 1 aromatic heterocycles. The van der Waals surface area contributed by atoms with Gasteiger partial charge in [0.2, 0.25) is 0 Å². The summed E-state index contributed by atoms with van der Waals surface area (Å²) in [5.74, 6) is -0.425. The molecule has 0 unspecified atom stereocenters. The molecule has 1 amide bonds. The summed E-state index contributed by atoms with van der Waals surface area (Å²) in [6.07, 6.45) is 0.651. The smallest absolute Gasteiger partial charge is 0.251 e.